The fourth-order valence-corrected chi connectivity index (χ4v) is 6.30. The van der Waals surface area contributed by atoms with Crippen molar-refractivity contribution in [3.8, 4) is 5.75 Å². The monoisotopic (exact) mass is 593 g/mol. The van der Waals surface area contributed by atoms with Crippen LogP contribution in [0.25, 0.3) is 21.0 Å². The van der Waals surface area contributed by atoms with Gasteiger partial charge in [-0.3, -0.25) is 19.0 Å². The zero-order valence-electron chi connectivity index (χ0n) is 23.9. The molecule has 1 fully saturated rings. The molecule has 4 aromatic rings. The minimum Gasteiger partial charge on any atom is -0.494 e. The second-order valence-electron chi connectivity index (χ2n) is 11.2. The highest BCUT2D eigenvalue weighted by Gasteiger charge is 2.30. The first-order valence-corrected chi connectivity index (χ1v) is 14.5. The fourth-order valence-electron chi connectivity index (χ4n) is 5.11. The normalized spacial score (nSPS) is 14.3. The van der Waals surface area contributed by atoms with Gasteiger partial charge < -0.3 is 19.7 Å². The summed E-state index contributed by atoms with van der Waals surface area (Å²) in [6.07, 6.45) is 0.668. The van der Waals surface area contributed by atoms with Gasteiger partial charge in [-0.05, 0) is 51.8 Å². The van der Waals surface area contributed by atoms with Crippen LogP contribution in [0.3, 0.4) is 0 Å². The number of Topliss-reactive ketones (excluding diaryl/α,β-unsaturated/α-hetero) is 1. The largest absolute Gasteiger partial charge is 0.494 e. The molecule has 11 heteroatoms. The molecule has 0 radical (unpaired) electrons. The number of likely N-dealkylation sites (tertiary alicyclic amines) is 1. The Kier molecular flexibility index (Phi) is 8.05. The number of hydrogen-bond donors (Lipinski definition) is 1. The zero-order valence-corrected chi connectivity index (χ0v) is 24.7. The van der Waals surface area contributed by atoms with Crippen LogP contribution in [0.15, 0.2) is 53.3 Å². The Morgan fingerprint density at radius 1 is 1.07 bits per heavy atom. The molecule has 0 unspecified atom stereocenters. The van der Waals surface area contributed by atoms with E-state index in [1.54, 1.807) is 35.2 Å². The molecule has 3 heterocycles. The number of rotatable bonds is 6. The van der Waals surface area contributed by atoms with Gasteiger partial charge in [0.2, 0.25) is 0 Å². The highest BCUT2D eigenvalue weighted by molar-refractivity contribution is 7.22. The lowest BCUT2D eigenvalue weighted by Gasteiger charge is -2.33. The van der Waals surface area contributed by atoms with Gasteiger partial charge in [0, 0.05) is 30.1 Å². The van der Waals surface area contributed by atoms with Crippen LogP contribution in [0.5, 0.6) is 5.75 Å². The summed E-state index contributed by atoms with van der Waals surface area (Å²) in [5.74, 6) is -1.15. The third-order valence-electron chi connectivity index (χ3n) is 7.11. The van der Waals surface area contributed by atoms with Gasteiger partial charge in [0.15, 0.2) is 11.5 Å². The number of nitrogens with zero attached hydrogens (tertiary/aromatic N) is 2. The van der Waals surface area contributed by atoms with Crippen molar-refractivity contribution in [2.45, 2.75) is 51.8 Å². The maximum atomic E-state index is 14.5. The van der Waals surface area contributed by atoms with E-state index in [0.717, 1.165) is 11.3 Å². The second kappa shape index (κ2) is 11.6. The summed E-state index contributed by atoms with van der Waals surface area (Å²) in [6, 6.07) is 12.4. The quantitative estimate of drug-likeness (QED) is 0.301. The van der Waals surface area contributed by atoms with E-state index >= 15 is 0 Å². The molecule has 0 saturated carbocycles. The zero-order chi connectivity index (χ0) is 30.2. The number of carbonyl (C=O) groups excluding carboxylic acids is 3. The minimum atomic E-state index is -0.597. The van der Waals surface area contributed by atoms with Crippen molar-refractivity contribution < 1.29 is 28.2 Å². The summed E-state index contributed by atoms with van der Waals surface area (Å²) in [5, 5.41) is 3.52. The van der Waals surface area contributed by atoms with E-state index in [4.69, 9.17) is 9.47 Å². The molecule has 2 aromatic heterocycles. The Morgan fingerprint density at radius 3 is 2.40 bits per heavy atom. The molecule has 2 amide bonds. The number of nitrogens with one attached hydrogen (secondary N) is 1. The van der Waals surface area contributed by atoms with Crippen LogP contribution in [0.1, 0.15) is 53.6 Å². The van der Waals surface area contributed by atoms with E-state index in [1.807, 2.05) is 20.8 Å². The molecule has 2 aromatic carbocycles. The van der Waals surface area contributed by atoms with Crippen molar-refractivity contribution in [3.63, 3.8) is 0 Å². The standard InChI is InChI=1S/C31H32FN3O6S/c1-31(2,3)41-30(39)34-14-12-20(13-15-34)33-28(37)27-25(40-4)24-26(42-27)21-16-19(32)10-11-22(21)35(29(24)38)17-23(36)18-8-6-5-7-9-18/h5-11,16,20H,12-15,17H2,1-4H3,(H,33,37). The van der Waals surface area contributed by atoms with E-state index in [1.165, 1.54) is 29.9 Å². The van der Waals surface area contributed by atoms with E-state index in [9.17, 15) is 23.6 Å². The maximum absolute atomic E-state index is 14.5. The summed E-state index contributed by atoms with van der Waals surface area (Å²) in [5.41, 5.74) is -0.287. The first-order valence-electron chi connectivity index (χ1n) is 13.7. The predicted octanol–water partition coefficient (Wildman–Crippen LogP) is 5.38. The number of halogens is 1. The Hall–Kier alpha value is -4.25. The molecule has 1 aliphatic heterocycles. The van der Waals surface area contributed by atoms with Crippen LogP contribution in [-0.4, -0.2) is 59.1 Å². The highest BCUT2D eigenvalue weighted by Crippen LogP contribution is 2.40. The van der Waals surface area contributed by atoms with Crippen molar-refractivity contribution in [3.05, 3.63) is 75.1 Å². The number of ether oxygens (including phenoxy) is 2. The molecule has 0 bridgehead atoms. The molecule has 1 N–H and O–H groups in total. The van der Waals surface area contributed by atoms with E-state index in [2.05, 4.69) is 5.32 Å². The second-order valence-corrected chi connectivity index (χ2v) is 12.2. The first kappa shape index (κ1) is 29.2. The van der Waals surface area contributed by atoms with Crippen LogP contribution in [0.4, 0.5) is 9.18 Å². The van der Waals surface area contributed by atoms with Gasteiger partial charge in [0.25, 0.3) is 11.5 Å². The molecule has 1 saturated heterocycles. The summed E-state index contributed by atoms with van der Waals surface area (Å²) >= 11 is 1.05. The third-order valence-corrected chi connectivity index (χ3v) is 8.31. The van der Waals surface area contributed by atoms with Crippen LogP contribution >= 0.6 is 11.3 Å². The molecule has 0 atom stereocenters. The molecule has 0 spiro atoms. The van der Waals surface area contributed by atoms with Crippen LogP contribution in [0.2, 0.25) is 0 Å². The SMILES string of the molecule is COc1c(C(=O)NC2CCN(C(=O)OC(C)(C)C)CC2)sc2c1c(=O)n(CC(=O)c1ccccc1)c1ccc(F)cc21. The maximum Gasteiger partial charge on any atom is 0.410 e. The van der Waals surface area contributed by atoms with Gasteiger partial charge in [0.05, 0.1) is 23.9 Å². The lowest BCUT2D eigenvalue weighted by molar-refractivity contribution is 0.0199. The summed E-state index contributed by atoms with van der Waals surface area (Å²) in [7, 11) is 1.37. The Bertz CT molecular complexity index is 1730. The third kappa shape index (κ3) is 5.87. The fraction of sp³-hybridized carbons (Fsp3) is 0.355. The number of benzene rings is 2. The number of methoxy groups -OCH3 is 1. The molecule has 5 rings (SSSR count). The summed E-state index contributed by atoms with van der Waals surface area (Å²) in [6.45, 7) is 6.01. The average Bonchev–Trinajstić information content (AvgIpc) is 3.35. The Morgan fingerprint density at radius 2 is 1.76 bits per heavy atom. The molecular weight excluding hydrogens is 561 g/mol. The highest BCUT2D eigenvalue weighted by atomic mass is 32.1. The van der Waals surface area contributed by atoms with Crippen molar-refractivity contribution in [1.82, 2.24) is 14.8 Å². The number of carbonyl (C=O) groups is 3. The van der Waals surface area contributed by atoms with Crippen LogP contribution < -0.4 is 15.6 Å². The smallest absolute Gasteiger partial charge is 0.410 e. The van der Waals surface area contributed by atoms with Crippen LogP contribution in [-0.2, 0) is 11.3 Å². The van der Waals surface area contributed by atoms with Crippen molar-refractivity contribution >= 4 is 50.1 Å². The Labute approximate surface area is 245 Å². The van der Waals surface area contributed by atoms with E-state index < -0.39 is 22.9 Å². The topological polar surface area (TPSA) is 107 Å². The number of aromatic nitrogens is 1. The van der Waals surface area contributed by atoms with Gasteiger partial charge in [0.1, 0.15) is 21.7 Å². The average molecular weight is 594 g/mol. The van der Waals surface area contributed by atoms with E-state index in [-0.39, 0.29) is 40.5 Å². The van der Waals surface area contributed by atoms with Gasteiger partial charge in [-0.25, -0.2) is 9.18 Å². The van der Waals surface area contributed by atoms with Crippen molar-refractivity contribution in [1.29, 1.82) is 0 Å². The molecule has 9 nitrogen and oxygen atoms in total. The minimum absolute atomic E-state index is 0.0794. The number of fused-ring (bicyclic) bond motifs is 3. The molecular formula is C31H32FN3O6S. The van der Waals surface area contributed by atoms with Gasteiger partial charge in [-0.15, -0.1) is 11.3 Å². The van der Waals surface area contributed by atoms with Crippen LogP contribution in [0, 0.1) is 5.82 Å². The van der Waals surface area contributed by atoms with Gasteiger partial charge in [-0.2, -0.15) is 0 Å². The molecule has 42 heavy (non-hydrogen) atoms. The first-order chi connectivity index (χ1) is 20.0. The van der Waals surface area contributed by atoms with Gasteiger partial charge >= 0.3 is 6.09 Å². The summed E-state index contributed by atoms with van der Waals surface area (Å²) in [4.78, 5) is 54.6. The number of piperidine rings is 1. The Balaban J connectivity index is 1.46. The van der Waals surface area contributed by atoms with Crippen molar-refractivity contribution in [2.24, 2.45) is 0 Å². The van der Waals surface area contributed by atoms with Crippen molar-refractivity contribution in [2.75, 3.05) is 20.2 Å². The number of ketones is 1. The van der Waals surface area contributed by atoms with Gasteiger partial charge in [-0.1, -0.05) is 30.3 Å². The molecule has 0 aliphatic carbocycles. The number of thiophene rings is 1. The molecule has 1 aliphatic rings. The lowest BCUT2D eigenvalue weighted by atomic mass is 10.1. The number of amides is 2. The lowest BCUT2D eigenvalue weighted by Crippen LogP contribution is -2.47. The predicted molar refractivity (Wildman–Crippen MR) is 159 cm³/mol. The number of hydrogen-bond acceptors (Lipinski definition) is 7. The van der Waals surface area contributed by atoms with E-state index in [0.29, 0.717) is 47.1 Å². The summed E-state index contributed by atoms with van der Waals surface area (Å²) < 4.78 is 27.2. The number of pyridine rings is 1. The molecule has 220 valence electrons.